The second kappa shape index (κ2) is 11.6. The molecule has 0 heterocycles. The molecular weight excluding hydrogens is 244 g/mol. The van der Waals surface area contributed by atoms with E-state index in [1.54, 1.807) is 0 Å². The Hall–Kier alpha value is -0.160. The van der Waals surface area contributed by atoms with Gasteiger partial charge in [0.2, 0.25) is 0 Å². The van der Waals surface area contributed by atoms with Gasteiger partial charge in [-0.2, -0.15) is 0 Å². The summed E-state index contributed by atoms with van der Waals surface area (Å²) < 4.78 is 23.1. The molecule has 0 aliphatic heterocycles. The third-order valence-electron chi connectivity index (χ3n) is 2.91. The molecule has 0 rings (SSSR count). The predicted molar refractivity (Wildman–Crippen MR) is 77.2 cm³/mol. The summed E-state index contributed by atoms with van der Waals surface area (Å²) >= 11 is 0. The summed E-state index contributed by atoms with van der Waals surface area (Å²) in [4.78, 5) is 0. The summed E-state index contributed by atoms with van der Waals surface area (Å²) in [5.74, 6) is -0.575. The van der Waals surface area contributed by atoms with Gasteiger partial charge in [0, 0.05) is 32.8 Å². The van der Waals surface area contributed by atoms with Crippen molar-refractivity contribution in [3.63, 3.8) is 0 Å². The fourth-order valence-electron chi connectivity index (χ4n) is 2.17. The molecule has 0 aliphatic carbocycles. The van der Waals surface area contributed by atoms with Crippen LogP contribution in [0.4, 0.5) is 0 Å². The van der Waals surface area contributed by atoms with E-state index in [0.717, 1.165) is 19.3 Å². The maximum absolute atomic E-state index is 5.91. The molecule has 0 atom stereocenters. The van der Waals surface area contributed by atoms with Crippen molar-refractivity contribution in [2.45, 2.75) is 72.4 Å². The van der Waals surface area contributed by atoms with Gasteiger partial charge in [-0.1, -0.05) is 13.3 Å². The number of hydrogen-bond acceptors (Lipinski definition) is 4. The quantitative estimate of drug-likeness (QED) is 0.480. The van der Waals surface area contributed by atoms with Gasteiger partial charge in [-0.05, 0) is 34.1 Å². The molecule has 19 heavy (non-hydrogen) atoms. The molecular formula is C15H32O4. The molecule has 0 radical (unpaired) electrons. The SMILES string of the molecule is CCCCC(CC(OCC)OCC)(OCC)OCC. The van der Waals surface area contributed by atoms with Gasteiger partial charge in [-0.15, -0.1) is 0 Å². The van der Waals surface area contributed by atoms with E-state index >= 15 is 0 Å². The van der Waals surface area contributed by atoms with Gasteiger partial charge in [0.15, 0.2) is 12.1 Å². The van der Waals surface area contributed by atoms with Crippen molar-refractivity contribution in [1.29, 1.82) is 0 Å². The zero-order valence-corrected chi connectivity index (χ0v) is 13.4. The molecule has 0 aliphatic rings. The molecule has 4 heteroatoms. The number of hydrogen-bond donors (Lipinski definition) is 0. The van der Waals surface area contributed by atoms with E-state index in [-0.39, 0.29) is 6.29 Å². The highest BCUT2D eigenvalue weighted by Crippen LogP contribution is 2.28. The van der Waals surface area contributed by atoms with Crippen LogP contribution < -0.4 is 0 Å². The lowest BCUT2D eigenvalue weighted by Crippen LogP contribution is -2.41. The second-order valence-corrected chi connectivity index (χ2v) is 4.42. The van der Waals surface area contributed by atoms with Crippen molar-refractivity contribution >= 4 is 0 Å². The van der Waals surface area contributed by atoms with E-state index in [1.165, 1.54) is 0 Å². The van der Waals surface area contributed by atoms with Gasteiger partial charge < -0.3 is 18.9 Å². The topological polar surface area (TPSA) is 36.9 Å². The Morgan fingerprint density at radius 2 is 1.32 bits per heavy atom. The summed E-state index contributed by atoms with van der Waals surface area (Å²) in [6.45, 7) is 12.6. The number of rotatable bonds is 13. The smallest absolute Gasteiger partial charge is 0.173 e. The maximum Gasteiger partial charge on any atom is 0.173 e. The Morgan fingerprint density at radius 3 is 1.68 bits per heavy atom. The average molecular weight is 276 g/mol. The van der Waals surface area contributed by atoms with E-state index in [2.05, 4.69) is 6.92 Å². The average Bonchev–Trinajstić information content (AvgIpc) is 2.37. The predicted octanol–water partition coefficient (Wildman–Crippen LogP) is 3.74. The maximum atomic E-state index is 5.91. The van der Waals surface area contributed by atoms with Crippen molar-refractivity contribution in [3.8, 4) is 0 Å². The summed E-state index contributed by atoms with van der Waals surface area (Å²) in [5, 5.41) is 0. The van der Waals surface area contributed by atoms with Gasteiger partial charge in [0.1, 0.15) is 0 Å². The van der Waals surface area contributed by atoms with Crippen molar-refractivity contribution in [3.05, 3.63) is 0 Å². The van der Waals surface area contributed by atoms with Crippen LogP contribution in [-0.4, -0.2) is 38.5 Å². The van der Waals surface area contributed by atoms with Gasteiger partial charge in [-0.3, -0.25) is 0 Å². The second-order valence-electron chi connectivity index (χ2n) is 4.42. The summed E-state index contributed by atoms with van der Waals surface area (Å²) in [6, 6.07) is 0. The molecule has 0 saturated carbocycles. The third kappa shape index (κ3) is 7.88. The zero-order chi connectivity index (χ0) is 14.6. The molecule has 0 bridgehead atoms. The van der Waals surface area contributed by atoms with E-state index in [4.69, 9.17) is 18.9 Å². The minimum Gasteiger partial charge on any atom is -0.353 e. The number of ether oxygens (including phenoxy) is 4. The van der Waals surface area contributed by atoms with Gasteiger partial charge in [0.05, 0.1) is 6.42 Å². The molecule has 0 amide bonds. The molecule has 0 N–H and O–H groups in total. The van der Waals surface area contributed by atoms with Crippen LogP contribution in [0.1, 0.15) is 60.3 Å². The molecule has 0 spiro atoms. The highest BCUT2D eigenvalue weighted by molar-refractivity contribution is 4.72. The lowest BCUT2D eigenvalue weighted by molar-refractivity contribution is -0.277. The first-order valence-corrected chi connectivity index (χ1v) is 7.69. The summed E-state index contributed by atoms with van der Waals surface area (Å²) in [7, 11) is 0. The van der Waals surface area contributed by atoms with Crippen LogP contribution in [0.2, 0.25) is 0 Å². The van der Waals surface area contributed by atoms with E-state index < -0.39 is 5.79 Å². The van der Waals surface area contributed by atoms with E-state index in [9.17, 15) is 0 Å². The van der Waals surface area contributed by atoms with Crippen LogP contribution in [0, 0.1) is 0 Å². The van der Waals surface area contributed by atoms with E-state index in [0.29, 0.717) is 32.8 Å². The minimum absolute atomic E-state index is 0.259. The Kier molecular flexibility index (Phi) is 11.6. The minimum atomic E-state index is -0.575. The van der Waals surface area contributed by atoms with Crippen molar-refractivity contribution in [1.82, 2.24) is 0 Å². The highest BCUT2D eigenvalue weighted by atomic mass is 16.7. The first-order valence-electron chi connectivity index (χ1n) is 7.69. The molecule has 0 aromatic rings. The zero-order valence-electron chi connectivity index (χ0n) is 13.4. The van der Waals surface area contributed by atoms with E-state index in [1.807, 2.05) is 27.7 Å². The van der Waals surface area contributed by atoms with Crippen molar-refractivity contribution in [2.24, 2.45) is 0 Å². The number of unbranched alkanes of at least 4 members (excludes halogenated alkanes) is 1. The highest BCUT2D eigenvalue weighted by Gasteiger charge is 2.34. The first kappa shape index (κ1) is 18.8. The standard InChI is InChI=1S/C15H32O4/c1-6-11-12-15(18-9-4,19-10-5)13-14(16-7-2)17-8-3/h14H,6-13H2,1-5H3. The Morgan fingerprint density at radius 1 is 0.789 bits per heavy atom. The van der Waals surface area contributed by atoms with Crippen LogP contribution in [0.25, 0.3) is 0 Å². The van der Waals surface area contributed by atoms with Gasteiger partial charge in [-0.25, -0.2) is 0 Å². The Labute approximate surface area is 118 Å². The fraction of sp³-hybridized carbons (Fsp3) is 1.00. The Balaban J connectivity index is 4.72. The van der Waals surface area contributed by atoms with Crippen LogP contribution in [0.3, 0.4) is 0 Å². The normalized spacial score (nSPS) is 12.3. The van der Waals surface area contributed by atoms with Crippen LogP contribution >= 0.6 is 0 Å². The molecule has 0 unspecified atom stereocenters. The van der Waals surface area contributed by atoms with Crippen molar-refractivity contribution in [2.75, 3.05) is 26.4 Å². The van der Waals surface area contributed by atoms with Gasteiger partial charge in [0.25, 0.3) is 0 Å². The fourth-order valence-corrected chi connectivity index (χ4v) is 2.17. The molecule has 116 valence electrons. The first-order chi connectivity index (χ1) is 9.17. The molecule has 0 fully saturated rings. The molecule has 4 nitrogen and oxygen atoms in total. The molecule has 0 aromatic carbocycles. The summed E-state index contributed by atoms with van der Waals surface area (Å²) in [5.41, 5.74) is 0. The molecule has 0 saturated heterocycles. The van der Waals surface area contributed by atoms with Crippen LogP contribution in [-0.2, 0) is 18.9 Å². The third-order valence-corrected chi connectivity index (χ3v) is 2.91. The van der Waals surface area contributed by atoms with Crippen LogP contribution in [0.5, 0.6) is 0 Å². The lowest BCUT2D eigenvalue weighted by Gasteiger charge is -2.36. The van der Waals surface area contributed by atoms with Crippen molar-refractivity contribution < 1.29 is 18.9 Å². The monoisotopic (exact) mass is 276 g/mol. The lowest BCUT2D eigenvalue weighted by atomic mass is 10.0. The van der Waals surface area contributed by atoms with Crippen LogP contribution in [0.15, 0.2) is 0 Å². The summed E-state index contributed by atoms with van der Waals surface area (Å²) in [6.07, 6.45) is 3.43. The van der Waals surface area contributed by atoms with Gasteiger partial charge >= 0.3 is 0 Å². The largest absolute Gasteiger partial charge is 0.353 e. The molecule has 0 aromatic heterocycles. The Bertz CT molecular complexity index is 185.